The molecule has 3 N–H and O–H groups in total. The maximum atomic E-state index is 10.9. The molecule has 0 bridgehead atoms. The van der Waals surface area contributed by atoms with Crippen molar-refractivity contribution >= 4 is 5.91 Å². The van der Waals surface area contributed by atoms with Crippen LogP contribution in [0.4, 0.5) is 0 Å². The summed E-state index contributed by atoms with van der Waals surface area (Å²) in [6.45, 7) is 0.100. The second kappa shape index (κ2) is 13.4. The smallest absolute Gasteiger partial charge is 0.491 e. The standard InChI is InChI=1S/C24H23N3O4.CH3.Cs/c28-14-21(27-12-11-25-23(27)15-29)8-3-17-1-4-18(5-2-17)19-6-9-22(10-7-19)31-16-20-13-24(30)26-20;;/h1-2,4-7,9-12,20-21,28-29H,13-16H2,(H,26,30);1H3;/q;-1;+1. The van der Waals surface area contributed by atoms with Gasteiger partial charge in [0, 0.05) is 18.0 Å². The van der Waals surface area contributed by atoms with E-state index >= 15 is 0 Å². The zero-order valence-corrected chi connectivity index (χ0v) is 25.1. The number of hydrogen-bond donors (Lipinski definition) is 3. The fraction of sp³-hybridized carbons (Fsp3) is 0.240. The molecule has 2 heterocycles. The molecule has 2 aromatic carbocycles. The van der Waals surface area contributed by atoms with Crippen LogP contribution in [0.1, 0.15) is 23.9 Å². The number of aromatic nitrogens is 2. The first-order valence-corrected chi connectivity index (χ1v) is 10.0. The fourth-order valence-corrected chi connectivity index (χ4v) is 3.34. The van der Waals surface area contributed by atoms with Crippen molar-refractivity contribution in [1.29, 1.82) is 0 Å². The minimum Gasteiger partial charge on any atom is -0.491 e. The van der Waals surface area contributed by atoms with Gasteiger partial charge < -0.3 is 32.3 Å². The molecule has 8 heteroatoms. The molecular weight excluding hydrogens is 539 g/mol. The van der Waals surface area contributed by atoms with Crippen LogP contribution in [-0.4, -0.2) is 44.9 Å². The first kappa shape index (κ1) is 27.7. The summed E-state index contributed by atoms with van der Waals surface area (Å²) in [5.41, 5.74) is 2.94. The fourth-order valence-electron chi connectivity index (χ4n) is 3.34. The average Bonchev–Trinajstić information content (AvgIpc) is 3.26. The van der Waals surface area contributed by atoms with Gasteiger partial charge in [-0.25, -0.2) is 4.98 Å². The van der Waals surface area contributed by atoms with Crippen LogP contribution in [0.25, 0.3) is 11.1 Å². The van der Waals surface area contributed by atoms with E-state index in [0.717, 1.165) is 22.4 Å². The number of aliphatic hydroxyl groups excluding tert-OH is 2. The Hall–Kier alpha value is -1.55. The number of nitrogens with one attached hydrogen (secondary N) is 1. The van der Waals surface area contributed by atoms with Crippen molar-refractivity contribution in [2.45, 2.75) is 25.1 Å². The molecular formula is C25H26CsN3O4. The molecule has 0 aliphatic carbocycles. The third-order valence-corrected chi connectivity index (χ3v) is 5.10. The third kappa shape index (κ3) is 7.22. The zero-order valence-electron chi connectivity index (χ0n) is 18.9. The number of β-lactam (4-membered cyclic amide) rings is 1. The Labute approximate surface area is 253 Å². The largest absolute Gasteiger partial charge is 1.00 e. The predicted molar refractivity (Wildman–Crippen MR) is 121 cm³/mol. The summed E-state index contributed by atoms with van der Waals surface area (Å²) in [7, 11) is 0. The summed E-state index contributed by atoms with van der Waals surface area (Å²) in [6, 6.07) is 15.3. The minimum absolute atomic E-state index is 0. The number of carbonyl (C=O) groups is 1. The molecule has 0 radical (unpaired) electrons. The Morgan fingerprint density at radius 2 is 1.76 bits per heavy atom. The number of rotatable bonds is 7. The molecule has 7 nitrogen and oxygen atoms in total. The van der Waals surface area contributed by atoms with Gasteiger partial charge >= 0.3 is 68.9 Å². The van der Waals surface area contributed by atoms with Crippen molar-refractivity contribution in [2.24, 2.45) is 0 Å². The molecule has 0 spiro atoms. The maximum absolute atomic E-state index is 10.9. The number of ether oxygens (including phenoxy) is 1. The first-order chi connectivity index (χ1) is 15.2. The maximum Gasteiger partial charge on any atom is 1.00 e. The minimum atomic E-state index is -0.467. The van der Waals surface area contributed by atoms with Gasteiger partial charge in [0.2, 0.25) is 5.91 Å². The summed E-state index contributed by atoms with van der Waals surface area (Å²) in [5, 5.41) is 21.8. The summed E-state index contributed by atoms with van der Waals surface area (Å²) in [6.07, 6.45) is 3.79. The van der Waals surface area contributed by atoms with E-state index < -0.39 is 6.04 Å². The predicted octanol–water partition coefficient (Wildman–Crippen LogP) is -0.651. The Morgan fingerprint density at radius 1 is 1.12 bits per heavy atom. The molecule has 166 valence electrons. The normalized spacial score (nSPS) is 15.0. The summed E-state index contributed by atoms with van der Waals surface area (Å²) in [4.78, 5) is 15.0. The van der Waals surface area contributed by atoms with Gasteiger partial charge in [-0.3, -0.25) is 4.79 Å². The van der Waals surface area contributed by atoms with Gasteiger partial charge in [0.05, 0.1) is 19.1 Å². The number of nitrogens with zero attached hydrogens (tertiary/aromatic N) is 2. The van der Waals surface area contributed by atoms with E-state index in [1.54, 1.807) is 17.0 Å². The van der Waals surface area contributed by atoms with Gasteiger partial charge in [0.1, 0.15) is 30.8 Å². The number of carbonyl (C=O) groups excluding carboxylic acids is 1. The molecule has 1 fully saturated rings. The summed E-state index contributed by atoms with van der Waals surface area (Å²) in [5.74, 6) is 7.41. The van der Waals surface area contributed by atoms with E-state index in [0.29, 0.717) is 18.9 Å². The van der Waals surface area contributed by atoms with E-state index in [9.17, 15) is 15.0 Å². The van der Waals surface area contributed by atoms with Crippen molar-refractivity contribution < 1.29 is 88.6 Å². The molecule has 1 aromatic heterocycles. The van der Waals surface area contributed by atoms with Crippen LogP contribution in [0.5, 0.6) is 5.75 Å². The second-order valence-corrected chi connectivity index (χ2v) is 7.26. The van der Waals surface area contributed by atoms with Crippen LogP contribution in [0.3, 0.4) is 0 Å². The number of aliphatic hydroxyl groups is 2. The van der Waals surface area contributed by atoms with Crippen LogP contribution in [0.15, 0.2) is 60.9 Å². The molecule has 4 rings (SSSR count). The average molecular weight is 565 g/mol. The molecule has 3 aromatic rings. The Bertz CT molecular complexity index is 1090. The number of amides is 1. The van der Waals surface area contributed by atoms with Crippen molar-refractivity contribution in [3.8, 4) is 28.7 Å². The quantitative estimate of drug-likeness (QED) is 0.201. The van der Waals surface area contributed by atoms with Crippen LogP contribution < -0.4 is 78.9 Å². The summed E-state index contributed by atoms with van der Waals surface area (Å²) >= 11 is 0. The zero-order chi connectivity index (χ0) is 21.6. The van der Waals surface area contributed by atoms with Gasteiger partial charge in [-0.15, -0.1) is 0 Å². The topological polar surface area (TPSA) is 96.6 Å². The Morgan fingerprint density at radius 3 is 2.33 bits per heavy atom. The molecule has 1 saturated heterocycles. The Kier molecular flexibility index (Phi) is 11.2. The number of hydrogen-bond acceptors (Lipinski definition) is 5. The van der Waals surface area contributed by atoms with E-state index in [2.05, 4.69) is 22.1 Å². The van der Waals surface area contributed by atoms with Gasteiger partial charge in [-0.2, -0.15) is 0 Å². The second-order valence-electron chi connectivity index (χ2n) is 7.26. The third-order valence-electron chi connectivity index (χ3n) is 5.10. The monoisotopic (exact) mass is 565 g/mol. The van der Waals surface area contributed by atoms with Crippen LogP contribution >= 0.6 is 0 Å². The van der Waals surface area contributed by atoms with E-state index in [-0.39, 0.29) is 101 Å². The number of imidazole rings is 1. The van der Waals surface area contributed by atoms with E-state index in [1.807, 2.05) is 48.5 Å². The van der Waals surface area contributed by atoms with Gasteiger partial charge in [-0.05, 0) is 35.4 Å². The van der Waals surface area contributed by atoms with E-state index in [4.69, 9.17) is 4.74 Å². The van der Waals surface area contributed by atoms with Crippen LogP contribution in [0.2, 0.25) is 0 Å². The van der Waals surface area contributed by atoms with Crippen molar-refractivity contribution in [3.63, 3.8) is 0 Å². The van der Waals surface area contributed by atoms with Gasteiger partial charge in [0.15, 0.2) is 0 Å². The molecule has 0 saturated carbocycles. The molecule has 2 unspecified atom stereocenters. The van der Waals surface area contributed by atoms with Crippen LogP contribution in [0, 0.1) is 19.3 Å². The van der Waals surface area contributed by atoms with Crippen LogP contribution in [-0.2, 0) is 11.4 Å². The Balaban J connectivity index is 0.00000193. The molecule has 1 aliphatic rings. The summed E-state index contributed by atoms with van der Waals surface area (Å²) < 4.78 is 7.38. The van der Waals surface area contributed by atoms with Crippen molar-refractivity contribution in [2.75, 3.05) is 13.2 Å². The number of benzene rings is 2. The molecule has 2 atom stereocenters. The van der Waals surface area contributed by atoms with Gasteiger partial charge in [-0.1, -0.05) is 36.1 Å². The molecule has 1 aliphatic heterocycles. The first-order valence-electron chi connectivity index (χ1n) is 10.0. The van der Waals surface area contributed by atoms with Crippen molar-refractivity contribution in [1.82, 2.24) is 14.9 Å². The SMILES string of the molecule is O=C1CC(COc2ccc(-c3ccc(C#CC(CO)n4ccnc4CO)cc3)cc2)N1.[CH3-].[Cs+]. The van der Waals surface area contributed by atoms with E-state index in [1.165, 1.54) is 0 Å². The van der Waals surface area contributed by atoms with Gasteiger partial charge in [0.25, 0.3) is 0 Å². The molecule has 33 heavy (non-hydrogen) atoms. The van der Waals surface area contributed by atoms with Crippen molar-refractivity contribution in [3.05, 3.63) is 79.7 Å². The molecule has 1 amide bonds.